The Kier molecular flexibility index (Phi) is 6.94. The predicted molar refractivity (Wildman–Crippen MR) is 135 cm³/mol. The Morgan fingerprint density at radius 3 is 2.43 bits per heavy atom. The maximum absolute atomic E-state index is 13.3. The molecule has 188 valence electrons. The molecular weight excluding hydrogens is 483 g/mol. The zero-order valence-electron chi connectivity index (χ0n) is 19.4. The van der Waals surface area contributed by atoms with E-state index in [0.717, 1.165) is 0 Å². The number of furan rings is 1. The number of nitrogens with zero attached hydrogens (tertiary/aromatic N) is 6. The van der Waals surface area contributed by atoms with Gasteiger partial charge in [-0.2, -0.15) is 20.1 Å². The predicted octanol–water partition coefficient (Wildman–Crippen LogP) is 4.21. The van der Waals surface area contributed by atoms with Crippen molar-refractivity contribution >= 4 is 35.4 Å². The minimum Gasteiger partial charge on any atom is -0.455 e. The Morgan fingerprint density at radius 1 is 0.973 bits per heavy atom. The maximum atomic E-state index is 13.3. The summed E-state index contributed by atoms with van der Waals surface area (Å²) >= 11 is 0. The van der Waals surface area contributed by atoms with Crippen LogP contribution in [0, 0.1) is 15.9 Å². The van der Waals surface area contributed by atoms with E-state index >= 15 is 0 Å². The number of hydrazone groups is 1. The number of aromatic nitrogens is 3. The number of rotatable bonds is 8. The number of nitro groups is 1. The van der Waals surface area contributed by atoms with Crippen molar-refractivity contribution < 1.29 is 18.5 Å². The quantitative estimate of drug-likeness (QED) is 0.203. The molecule has 3 heterocycles. The average Bonchev–Trinajstić information content (AvgIpc) is 3.39. The van der Waals surface area contributed by atoms with Crippen LogP contribution < -0.4 is 15.6 Å². The number of anilines is 4. The molecule has 37 heavy (non-hydrogen) atoms. The van der Waals surface area contributed by atoms with Gasteiger partial charge in [-0.05, 0) is 48.5 Å². The lowest BCUT2D eigenvalue weighted by molar-refractivity contribution is -0.384. The fourth-order valence-corrected chi connectivity index (χ4v) is 3.52. The molecule has 0 unspecified atom stereocenters. The maximum Gasteiger partial charge on any atom is 0.269 e. The molecule has 0 atom stereocenters. The van der Waals surface area contributed by atoms with Gasteiger partial charge in [0.1, 0.15) is 17.3 Å². The lowest BCUT2D eigenvalue weighted by Crippen LogP contribution is -2.37. The summed E-state index contributed by atoms with van der Waals surface area (Å²) in [6.07, 6.45) is 1.46. The molecule has 2 N–H and O–H groups in total. The number of ether oxygens (including phenoxy) is 1. The van der Waals surface area contributed by atoms with Crippen LogP contribution in [0.3, 0.4) is 0 Å². The molecule has 13 heteroatoms. The zero-order valence-corrected chi connectivity index (χ0v) is 19.4. The molecule has 0 amide bonds. The number of nitro benzene ring substituents is 1. The summed E-state index contributed by atoms with van der Waals surface area (Å²) < 4.78 is 24.4. The molecule has 2 aromatic carbocycles. The molecule has 0 spiro atoms. The summed E-state index contributed by atoms with van der Waals surface area (Å²) in [5.74, 6) is 1.55. The van der Waals surface area contributed by atoms with Gasteiger partial charge in [-0.3, -0.25) is 10.1 Å². The fraction of sp³-hybridized carbons (Fsp3) is 0.167. The van der Waals surface area contributed by atoms with Gasteiger partial charge in [0.05, 0.1) is 24.4 Å². The second kappa shape index (κ2) is 10.8. The molecule has 5 rings (SSSR count). The smallest absolute Gasteiger partial charge is 0.269 e. The topological polar surface area (TPSA) is 144 Å². The van der Waals surface area contributed by atoms with E-state index in [0.29, 0.717) is 55.0 Å². The highest BCUT2D eigenvalue weighted by Crippen LogP contribution is 2.24. The van der Waals surface area contributed by atoms with Crippen molar-refractivity contribution in [1.82, 2.24) is 15.0 Å². The average molecular weight is 504 g/mol. The van der Waals surface area contributed by atoms with Gasteiger partial charge in [-0.25, -0.2) is 9.82 Å². The number of nitrogens with one attached hydrogen (secondary N) is 2. The molecule has 1 aliphatic rings. The second-order valence-corrected chi connectivity index (χ2v) is 7.89. The van der Waals surface area contributed by atoms with Crippen LogP contribution in [-0.4, -0.2) is 52.4 Å². The number of benzene rings is 2. The highest BCUT2D eigenvalue weighted by molar-refractivity contribution is 5.78. The van der Waals surface area contributed by atoms with Crippen molar-refractivity contribution in [2.24, 2.45) is 5.10 Å². The van der Waals surface area contributed by atoms with Crippen LogP contribution in [0.25, 0.3) is 11.3 Å². The van der Waals surface area contributed by atoms with Crippen molar-refractivity contribution in [1.29, 1.82) is 0 Å². The highest BCUT2D eigenvalue weighted by atomic mass is 19.1. The Hall–Kier alpha value is -4.91. The normalized spacial score (nSPS) is 13.6. The molecular formula is C24H21FN8O4. The number of morpholine rings is 1. The summed E-state index contributed by atoms with van der Waals surface area (Å²) in [5.41, 5.74) is 4.11. The SMILES string of the molecule is O=[N+]([O-])c1ccc(-c2ccc(/C=N\Nc3nc(Nc4ccc(F)cc4)nc(N4CCOCC4)n3)o2)cc1. The minimum absolute atomic E-state index is 0.00313. The second-order valence-electron chi connectivity index (χ2n) is 7.89. The van der Waals surface area contributed by atoms with Crippen molar-refractivity contribution in [3.63, 3.8) is 0 Å². The first-order valence-electron chi connectivity index (χ1n) is 11.3. The van der Waals surface area contributed by atoms with Crippen LogP contribution in [-0.2, 0) is 4.74 Å². The van der Waals surface area contributed by atoms with Crippen molar-refractivity contribution in [2.75, 3.05) is 41.9 Å². The van der Waals surface area contributed by atoms with Crippen molar-refractivity contribution in [3.05, 3.63) is 82.4 Å². The third-order valence-electron chi connectivity index (χ3n) is 5.36. The Morgan fingerprint density at radius 2 is 1.70 bits per heavy atom. The zero-order chi connectivity index (χ0) is 25.6. The van der Waals surface area contributed by atoms with Gasteiger partial charge in [-0.15, -0.1) is 0 Å². The van der Waals surface area contributed by atoms with E-state index in [4.69, 9.17) is 9.15 Å². The summed E-state index contributed by atoms with van der Waals surface area (Å²) in [5, 5.41) is 18.1. The molecule has 1 fully saturated rings. The Labute approximate surface area is 210 Å². The fourth-order valence-electron chi connectivity index (χ4n) is 3.52. The van der Waals surface area contributed by atoms with E-state index in [2.05, 4.69) is 30.8 Å². The summed E-state index contributed by atoms with van der Waals surface area (Å²) in [7, 11) is 0. The molecule has 2 aromatic heterocycles. The first-order chi connectivity index (χ1) is 18.0. The molecule has 12 nitrogen and oxygen atoms in total. The summed E-state index contributed by atoms with van der Waals surface area (Å²) in [6.45, 7) is 2.37. The van der Waals surface area contributed by atoms with E-state index < -0.39 is 4.92 Å². The van der Waals surface area contributed by atoms with Crippen LogP contribution >= 0.6 is 0 Å². The lowest BCUT2D eigenvalue weighted by Gasteiger charge is -2.27. The van der Waals surface area contributed by atoms with Crippen LogP contribution in [0.4, 0.5) is 33.6 Å². The summed E-state index contributed by atoms with van der Waals surface area (Å²) in [6, 6.07) is 15.4. The highest BCUT2D eigenvalue weighted by Gasteiger charge is 2.17. The van der Waals surface area contributed by atoms with Crippen LogP contribution in [0.15, 0.2) is 70.2 Å². The van der Waals surface area contributed by atoms with Crippen LogP contribution in [0.5, 0.6) is 0 Å². The Balaban J connectivity index is 1.32. The van der Waals surface area contributed by atoms with Gasteiger partial charge in [0.2, 0.25) is 17.8 Å². The molecule has 4 aromatic rings. The molecule has 0 aliphatic carbocycles. The lowest BCUT2D eigenvalue weighted by atomic mass is 10.1. The van der Waals surface area contributed by atoms with Crippen molar-refractivity contribution in [3.8, 4) is 11.3 Å². The monoisotopic (exact) mass is 504 g/mol. The Bertz CT molecular complexity index is 1400. The molecule has 1 aliphatic heterocycles. The third-order valence-corrected chi connectivity index (χ3v) is 5.36. The van der Waals surface area contributed by atoms with Crippen LogP contribution in [0.1, 0.15) is 5.76 Å². The molecule has 0 saturated carbocycles. The number of hydrogen-bond acceptors (Lipinski definition) is 11. The number of halogens is 1. The number of non-ortho nitro benzene ring substituents is 1. The van der Waals surface area contributed by atoms with Gasteiger partial charge in [0.25, 0.3) is 5.69 Å². The van der Waals surface area contributed by atoms with Crippen LogP contribution in [0.2, 0.25) is 0 Å². The van der Waals surface area contributed by atoms with Gasteiger partial charge in [0.15, 0.2) is 0 Å². The van der Waals surface area contributed by atoms with Crippen molar-refractivity contribution in [2.45, 2.75) is 0 Å². The first-order valence-corrected chi connectivity index (χ1v) is 11.3. The van der Waals surface area contributed by atoms with E-state index in [-0.39, 0.29) is 23.4 Å². The van der Waals surface area contributed by atoms with Gasteiger partial charge in [-0.1, -0.05) is 0 Å². The third kappa shape index (κ3) is 6.02. The van der Waals surface area contributed by atoms with Gasteiger partial charge < -0.3 is 19.4 Å². The van der Waals surface area contributed by atoms with E-state index in [1.807, 2.05) is 4.90 Å². The standard InChI is InChI=1S/C24H21FN8O4/c25-17-3-5-18(6-4-17)27-22-28-23(30-24(29-22)32-11-13-36-14-12-32)31-26-15-20-9-10-21(37-20)16-1-7-19(8-2-16)33(34)35/h1-10,15H,11-14H2,(H2,27,28,29,30,31)/b26-15-. The largest absolute Gasteiger partial charge is 0.455 e. The molecule has 0 bridgehead atoms. The van der Waals surface area contributed by atoms with E-state index in [1.165, 1.54) is 30.5 Å². The first kappa shape index (κ1) is 23.8. The summed E-state index contributed by atoms with van der Waals surface area (Å²) in [4.78, 5) is 25.7. The molecule has 1 saturated heterocycles. The van der Waals surface area contributed by atoms with Gasteiger partial charge >= 0.3 is 0 Å². The minimum atomic E-state index is -0.456. The van der Waals surface area contributed by atoms with Gasteiger partial charge in [0, 0.05) is 36.5 Å². The van der Waals surface area contributed by atoms with E-state index in [1.54, 1.807) is 36.4 Å². The molecule has 0 radical (unpaired) electrons. The number of hydrogen-bond donors (Lipinski definition) is 2. The van der Waals surface area contributed by atoms with E-state index in [9.17, 15) is 14.5 Å².